The molecule has 2 rings (SSSR count). The van der Waals surface area contributed by atoms with Crippen LogP contribution in [0.1, 0.15) is 35.3 Å². The van der Waals surface area contributed by atoms with Crippen LogP contribution in [0.3, 0.4) is 0 Å². The van der Waals surface area contributed by atoms with E-state index in [1.807, 2.05) is 6.92 Å². The van der Waals surface area contributed by atoms with Gasteiger partial charge in [0.05, 0.1) is 11.2 Å². The minimum Gasteiger partial charge on any atom is -0.487 e. The van der Waals surface area contributed by atoms with Crippen molar-refractivity contribution in [1.82, 2.24) is 0 Å². The summed E-state index contributed by atoms with van der Waals surface area (Å²) in [6, 6.07) is 3.21. The number of benzene rings is 1. The molecule has 0 amide bonds. The van der Waals surface area contributed by atoms with E-state index in [1.165, 1.54) is 0 Å². The highest BCUT2D eigenvalue weighted by molar-refractivity contribution is 5.88. The van der Waals surface area contributed by atoms with Gasteiger partial charge in [0.2, 0.25) is 0 Å². The Hall–Kier alpha value is -1.55. The maximum atomic E-state index is 10.9. The van der Waals surface area contributed by atoms with E-state index in [0.29, 0.717) is 12.2 Å². The monoisotopic (exact) mass is 236 g/mol. The number of fused-ring (bicyclic) bond motifs is 1. The molecule has 0 saturated carbocycles. The molecular weight excluding hydrogens is 220 g/mol. The van der Waals surface area contributed by atoms with E-state index < -0.39 is 11.6 Å². The molecule has 17 heavy (non-hydrogen) atoms. The van der Waals surface area contributed by atoms with E-state index in [-0.39, 0.29) is 11.7 Å². The SMILES string of the molecule is Cc1cc(C(=O)O)cc2c1O[C@H](C(C)(C)O)C2. The van der Waals surface area contributed by atoms with Gasteiger partial charge in [-0.25, -0.2) is 4.79 Å². The molecule has 0 aliphatic carbocycles. The first-order valence-corrected chi connectivity index (χ1v) is 5.55. The van der Waals surface area contributed by atoms with E-state index in [1.54, 1.807) is 26.0 Å². The molecule has 4 nitrogen and oxygen atoms in total. The molecule has 0 unspecified atom stereocenters. The molecule has 1 aromatic carbocycles. The largest absolute Gasteiger partial charge is 0.487 e. The van der Waals surface area contributed by atoms with E-state index in [4.69, 9.17) is 9.84 Å². The fraction of sp³-hybridized carbons (Fsp3) is 0.462. The third kappa shape index (κ3) is 2.13. The highest BCUT2D eigenvalue weighted by Gasteiger charge is 2.35. The van der Waals surface area contributed by atoms with E-state index in [2.05, 4.69) is 0 Å². The van der Waals surface area contributed by atoms with Crippen LogP contribution in [0.25, 0.3) is 0 Å². The molecule has 0 radical (unpaired) electrons. The number of rotatable bonds is 2. The van der Waals surface area contributed by atoms with Crippen LogP contribution in [0.5, 0.6) is 5.75 Å². The maximum absolute atomic E-state index is 10.9. The zero-order valence-corrected chi connectivity index (χ0v) is 10.2. The van der Waals surface area contributed by atoms with Crippen LogP contribution in [0, 0.1) is 6.92 Å². The third-order valence-corrected chi connectivity index (χ3v) is 3.05. The second-order valence-corrected chi connectivity index (χ2v) is 5.05. The quantitative estimate of drug-likeness (QED) is 0.821. The van der Waals surface area contributed by atoms with Crippen LogP contribution in [-0.4, -0.2) is 27.9 Å². The van der Waals surface area contributed by atoms with E-state index >= 15 is 0 Å². The smallest absolute Gasteiger partial charge is 0.335 e. The molecule has 1 heterocycles. The van der Waals surface area contributed by atoms with Crippen molar-refractivity contribution in [3.63, 3.8) is 0 Å². The fourth-order valence-electron chi connectivity index (χ4n) is 2.07. The number of ether oxygens (including phenoxy) is 1. The van der Waals surface area contributed by atoms with Crippen LogP contribution in [0.15, 0.2) is 12.1 Å². The first-order valence-electron chi connectivity index (χ1n) is 5.55. The van der Waals surface area contributed by atoms with Gasteiger partial charge in [-0.15, -0.1) is 0 Å². The summed E-state index contributed by atoms with van der Waals surface area (Å²) in [5.74, 6) is -0.232. The van der Waals surface area contributed by atoms with Crippen molar-refractivity contribution in [1.29, 1.82) is 0 Å². The van der Waals surface area contributed by atoms with Crippen molar-refractivity contribution in [3.05, 3.63) is 28.8 Å². The third-order valence-electron chi connectivity index (χ3n) is 3.05. The summed E-state index contributed by atoms with van der Waals surface area (Å²) in [7, 11) is 0. The predicted molar refractivity (Wildman–Crippen MR) is 62.6 cm³/mol. The van der Waals surface area contributed by atoms with Crippen molar-refractivity contribution in [2.75, 3.05) is 0 Å². The highest BCUT2D eigenvalue weighted by Crippen LogP contribution is 2.36. The Balaban J connectivity index is 2.39. The Bertz CT molecular complexity index is 471. The molecule has 0 spiro atoms. The Labute approximate surface area is 99.8 Å². The van der Waals surface area contributed by atoms with E-state index in [9.17, 15) is 9.90 Å². The first kappa shape index (κ1) is 11.9. The summed E-state index contributed by atoms with van der Waals surface area (Å²) < 4.78 is 5.69. The second kappa shape index (κ2) is 3.74. The Morgan fingerprint density at radius 1 is 1.47 bits per heavy atom. The molecule has 0 aromatic heterocycles. The maximum Gasteiger partial charge on any atom is 0.335 e. The molecule has 1 aromatic rings. The number of hydrogen-bond acceptors (Lipinski definition) is 3. The van der Waals surface area contributed by atoms with Crippen LogP contribution < -0.4 is 4.74 Å². The van der Waals surface area contributed by atoms with Crippen LogP contribution in [0.2, 0.25) is 0 Å². The molecule has 1 atom stereocenters. The average Bonchev–Trinajstić information content (AvgIpc) is 2.60. The van der Waals surface area contributed by atoms with Gasteiger partial charge in [0.25, 0.3) is 0 Å². The van der Waals surface area contributed by atoms with Gasteiger partial charge >= 0.3 is 5.97 Å². The Kier molecular flexibility index (Phi) is 2.62. The van der Waals surface area contributed by atoms with Gasteiger partial charge in [-0.3, -0.25) is 0 Å². The van der Waals surface area contributed by atoms with Crippen LogP contribution >= 0.6 is 0 Å². The minimum atomic E-state index is -0.942. The lowest BCUT2D eigenvalue weighted by atomic mass is 9.96. The van der Waals surface area contributed by atoms with Gasteiger partial charge in [-0.2, -0.15) is 0 Å². The molecule has 1 aliphatic heterocycles. The molecule has 92 valence electrons. The van der Waals surface area contributed by atoms with Gasteiger partial charge in [-0.05, 0) is 44.0 Å². The molecular formula is C13H16O4. The van der Waals surface area contributed by atoms with E-state index in [0.717, 1.165) is 11.1 Å². The molecule has 4 heteroatoms. The fourth-order valence-corrected chi connectivity index (χ4v) is 2.07. The number of hydrogen-bond donors (Lipinski definition) is 2. The summed E-state index contributed by atoms with van der Waals surface area (Å²) in [4.78, 5) is 10.9. The van der Waals surface area contributed by atoms with Gasteiger partial charge in [-0.1, -0.05) is 0 Å². The van der Waals surface area contributed by atoms with Crippen LogP contribution in [0.4, 0.5) is 0 Å². The topological polar surface area (TPSA) is 66.8 Å². The van der Waals surface area contributed by atoms with Crippen molar-refractivity contribution < 1.29 is 19.7 Å². The van der Waals surface area contributed by atoms with Gasteiger partial charge < -0.3 is 14.9 Å². The normalized spacial score (nSPS) is 18.7. The van der Waals surface area contributed by atoms with Gasteiger partial charge in [0.1, 0.15) is 11.9 Å². The van der Waals surface area contributed by atoms with Crippen molar-refractivity contribution >= 4 is 5.97 Å². The zero-order chi connectivity index (χ0) is 12.8. The average molecular weight is 236 g/mol. The number of aryl methyl sites for hydroxylation is 1. The minimum absolute atomic E-state index is 0.265. The summed E-state index contributed by atoms with van der Waals surface area (Å²) in [5, 5.41) is 18.9. The van der Waals surface area contributed by atoms with Crippen molar-refractivity contribution in [2.24, 2.45) is 0 Å². The molecule has 1 aliphatic rings. The standard InChI is InChI=1S/C13H16O4/c1-7-4-9(12(14)15)5-8-6-10(13(2,3)16)17-11(7)8/h4-5,10,16H,6H2,1-3H3,(H,14,15)/t10-/m0/s1. The number of aromatic carboxylic acids is 1. The van der Waals surface area contributed by atoms with Crippen LogP contribution in [-0.2, 0) is 6.42 Å². The highest BCUT2D eigenvalue weighted by atomic mass is 16.5. The van der Waals surface area contributed by atoms with Gasteiger partial charge in [0, 0.05) is 6.42 Å². The molecule has 0 fully saturated rings. The zero-order valence-electron chi connectivity index (χ0n) is 10.2. The Morgan fingerprint density at radius 2 is 2.12 bits per heavy atom. The number of aliphatic hydroxyl groups is 1. The predicted octanol–water partition coefficient (Wildman–Crippen LogP) is 1.77. The number of carbonyl (C=O) groups is 1. The summed E-state index contributed by atoms with van der Waals surface area (Å²) in [5.41, 5.74) is 0.983. The van der Waals surface area contributed by atoms with Crippen molar-refractivity contribution in [2.45, 2.75) is 38.9 Å². The lowest BCUT2D eigenvalue weighted by Crippen LogP contribution is -2.39. The molecule has 0 bridgehead atoms. The summed E-state index contributed by atoms with van der Waals surface area (Å²) >= 11 is 0. The number of carboxylic acid groups (broad SMARTS) is 1. The summed E-state index contributed by atoms with van der Waals surface area (Å²) in [6.07, 6.45) is 0.223. The van der Waals surface area contributed by atoms with Crippen molar-refractivity contribution in [3.8, 4) is 5.75 Å². The second-order valence-electron chi connectivity index (χ2n) is 5.05. The number of carboxylic acids is 1. The summed E-state index contributed by atoms with van der Waals surface area (Å²) in [6.45, 7) is 5.20. The van der Waals surface area contributed by atoms with Gasteiger partial charge in [0.15, 0.2) is 0 Å². The Morgan fingerprint density at radius 3 is 2.65 bits per heavy atom. The first-order chi connectivity index (χ1) is 7.79. The lowest BCUT2D eigenvalue weighted by Gasteiger charge is -2.24. The molecule has 0 saturated heterocycles. The lowest BCUT2D eigenvalue weighted by molar-refractivity contribution is -0.0231. The molecule has 2 N–H and O–H groups in total.